The molecule has 24 heavy (non-hydrogen) atoms. The number of nitrogens with zero attached hydrogens (tertiary/aromatic N) is 2. The summed E-state index contributed by atoms with van der Waals surface area (Å²) in [7, 11) is -3.99. The number of nitriles is 1. The van der Waals surface area contributed by atoms with Crippen LogP contribution in [0.25, 0.3) is 0 Å². The summed E-state index contributed by atoms with van der Waals surface area (Å²) >= 11 is 0. The van der Waals surface area contributed by atoms with Crippen molar-refractivity contribution in [3.63, 3.8) is 0 Å². The summed E-state index contributed by atoms with van der Waals surface area (Å²) < 4.78 is 26.7. The van der Waals surface area contributed by atoms with E-state index in [2.05, 4.69) is 5.32 Å². The van der Waals surface area contributed by atoms with Crippen LogP contribution in [0.2, 0.25) is 0 Å². The number of carboxylic acid groups (broad SMARTS) is 1. The molecule has 7 nitrogen and oxygen atoms in total. The molecule has 2 rings (SSSR count). The molecule has 1 aliphatic rings. The van der Waals surface area contributed by atoms with Crippen LogP contribution in [-0.2, 0) is 14.8 Å². The molecule has 1 aromatic rings. The summed E-state index contributed by atoms with van der Waals surface area (Å²) in [6.45, 7) is 5.82. The molecule has 0 aliphatic carbocycles. The molecule has 0 aromatic heterocycles. The van der Waals surface area contributed by atoms with Gasteiger partial charge in [0.2, 0.25) is 10.0 Å². The number of hydrogen-bond donors (Lipinski definition) is 2. The van der Waals surface area contributed by atoms with Gasteiger partial charge in [-0.3, -0.25) is 4.79 Å². The van der Waals surface area contributed by atoms with Crippen LogP contribution in [0.3, 0.4) is 0 Å². The Morgan fingerprint density at radius 2 is 2.08 bits per heavy atom. The highest BCUT2D eigenvalue weighted by molar-refractivity contribution is 7.89. The third-order valence-electron chi connectivity index (χ3n) is 3.79. The fourth-order valence-corrected chi connectivity index (χ4v) is 4.58. The Kier molecular flexibility index (Phi) is 4.99. The second kappa shape index (κ2) is 6.51. The lowest BCUT2D eigenvalue weighted by atomic mass is 10.0. The quantitative estimate of drug-likeness (QED) is 0.842. The summed E-state index contributed by atoms with van der Waals surface area (Å²) in [6.07, 6.45) is 0.408. The van der Waals surface area contributed by atoms with Crippen LogP contribution >= 0.6 is 0 Å². The van der Waals surface area contributed by atoms with Crippen molar-refractivity contribution in [1.29, 1.82) is 5.26 Å². The molecular weight excluding hydrogens is 330 g/mol. The van der Waals surface area contributed by atoms with E-state index in [1.54, 1.807) is 0 Å². The second-order valence-electron chi connectivity index (χ2n) is 6.83. The van der Waals surface area contributed by atoms with Gasteiger partial charge in [-0.05, 0) is 45.4 Å². The molecule has 2 atom stereocenters. The van der Waals surface area contributed by atoms with Gasteiger partial charge in [0, 0.05) is 18.1 Å². The molecule has 8 heteroatoms. The zero-order chi connectivity index (χ0) is 18.1. The van der Waals surface area contributed by atoms with Crippen molar-refractivity contribution in [2.45, 2.75) is 49.7 Å². The third kappa shape index (κ3) is 3.75. The van der Waals surface area contributed by atoms with Gasteiger partial charge in [-0.25, -0.2) is 8.42 Å². The summed E-state index contributed by atoms with van der Waals surface area (Å²) in [4.78, 5) is 11.6. The maximum absolute atomic E-state index is 12.9. The highest BCUT2D eigenvalue weighted by Gasteiger charge is 2.46. The standard InChI is InChI=1S/C16H21N3O4S/c1-16(2,3)18-13-7-8-19(14(13)15(20)21)24(22,23)12-6-4-5-11(9-12)10-17/h4-6,9,13-14,18H,7-8H2,1-3H3,(H,20,21)/t13?,14-/m0/s1. The van der Waals surface area contributed by atoms with Gasteiger partial charge in [-0.1, -0.05) is 6.07 Å². The van der Waals surface area contributed by atoms with Gasteiger partial charge in [0.25, 0.3) is 0 Å². The third-order valence-corrected chi connectivity index (χ3v) is 5.67. The molecule has 1 fully saturated rings. The Morgan fingerprint density at radius 1 is 1.42 bits per heavy atom. The van der Waals surface area contributed by atoms with E-state index in [4.69, 9.17) is 5.26 Å². The lowest BCUT2D eigenvalue weighted by Crippen LogP contribution is -2.54. The van der Waals surface area contributed by atoms with Crippen LogP contribution in [0.5, 0.6) is 0 Å². The lowest BCUT2D eigenvalue weighted by Gasteiger charge is -2.30. The molecule has 2 N–H and O–H groups in total. The predicted molar refractivity (Wildman–Crippen MR) is 87.8 cm³/mol. The first-order valence-corrected chi connectivity index (χ1v) is 9.03. The van der Waals surface area contributed by atoms with Gasteiger partial charge >= 0.3 is 5.97 Å². The number of nitrogens with one attached hydrogen (secondary N) is 1. The van der Waals surface area contributed by atoms with Crippen LogP contribution in [0.1, 0.15) is 32.8 Å². The predicted octanol–water partition coefficient (Wildman–Crippen LogP) is 1.16. The summed E-state index contributed by atoms with van der Waals surface area (Å²) in [5, 5.41) is 21.7. The van der Waals surface area contributed by atoms with Crippen molar-refractivity contribution < 1.29 is 18.3 Å². The fraction of sp³-hybridized carbons (Fsp3) is 0.500. The van der Waals surface area contributed by atoms with Crippen molar-refractivity contribution in [1.82, 2.24) is 9.62 Å². The number of sulfonamides is 1. The minimum absolute atomic E-state index is 0.0655. The first-order chi connectivity index (χ1) is 11.1. The van der Waals surface area contributed by atoms with E-state index in [9.17, 15) is 18.3 Å². The van der Waals surface area contributed by atoms with Crippen molar-refractivity contribution >= 4 is 16.0 Å². The van der Waals surface area contributed by atoms with Crippen LogP contribution in [-0.4, -0.2) is 48.0 Å². The molecule has 130 valence electrons. The molecule has 1 saturated heterocycles. The topological polar surface area (TPSA) is 111 Å². The van der Waals surface area contributed by atoms with E-state index >= 15 is 0 Å². The Morgan fingerprint density at radius 3 is 2.62 bits per heavy atom. The number of hydrogen-bond acceptors (Lipinski definition) is 5. The van der Waals surface area contributed by atoms with Crippen LogP contribution in [0.15, 0.2) is 29.2 Å². The van der Waals surface area contributed by atoms with Crippen molar-refractivity contribution in [3.8, 4) is 6.07 Å². The molecule has 1 unspecified atom stereocenters. The van der Waals surface area contributed by atoms with Gasteiger partial charge in [0.05, 0.1) is 16.5 Å². The maximum Gasteiger partial charge on any atom is 0.323 e. The number of rotatable bonds is 4. The van der Waals surface area contributed by atoms with Crippen molar-refractivity contribution in [3.05, 3.63) is 29.8 Å². The van der Waals surface area contributed by atoms with Gasteiger partial charge in [-0.15, -0.1) is 0 Å². The Labute approximate surface area is 141 Å². The van der Waals surface area contributed by atoms with E-state index in [0.29, 0.717) is 6.42 Å². The smallest absolute Gasteiger partial charge is 0.323 e. The highest BCUT2D eigenvalue weighted by Crippen LogP contribution is 2.28. The van der Waals surface area contributed by atoms with E-state index in [0.717, 1.165) is 4.31 Å². The average Bonchev–Trinajstić information content (AvgIpc) is 2.89. The number of aliphatic carboxylic acids is 1. The summed E-state index contributed by atoms with van der Waals surface area (Å²) in [5.74, 6) is -1.19. The van der Waals surface area contributed by atoms with Crippen LogP contribution in [0.4, 0.5) is 0 Å². The molecule has 1 aromatic carbocycles. The summed E-state index contributed by atoms with van der Waals surface area (Å²) in [5.41, 5.74) is -0.120. The Hall–Kier alpha value is -1.95. The summed E-state index contributed by atoms with van der Waals surface area (Å²) in [6, 6.07) is 5.85. The molecule has 0 spiro atoms. The van der Waals surface area contributed by atoms with Crippen molar-refractivity contribution in [2.75, 3.05) is 6.54 Å². The minimum atomic E-state index is -3.99. The average molecular weight is 351 g/mol. The first-order valence-electron chi connectivity index (χ1n) is 7.59. The number of carboxylic acids is 1. The van der Waals surface area contributed by atoms with Crippen molar-refractivity contribution in [2.24, 2.45) is 0 Å². The van der Waals surface area contributed by atoms with Gasteiger partial charge in [-0.2, -0.15) is 9.57 Å². The Bertz CT molecular complexity index is 777. The second-order valence-corrected chi connectivity index (χ2v) is 8.72. The Balaban J connectivity index is 2.39. The maximum atomic E-state index is 12.9. The zero-order valence-electron chi connectivity index (χ0n) is 13.9. The monoisotopic (exact) mass is 351 g/mol. The van der Waals surface area contributed by atoms with E-state index in [1.165, 1.54) is 24.3 Å². The fourth-order valence-electron chi connectivity index (χ4n) is 2.90. The van der Waals surface area contributed by atoms with Gasteiger partial charge < -0.3 is 10.4 Å². The highest BCUT2D eigenvalue weighted by atomic mass is 32.2. The molecule has 0 radical (unpaired) electrons. The molecule has 0 bridgehead atoms. The van der Waals surface area contributed by atoms with Crippen LogP contribution in [0, 0.1) is 11.3 Å². The zero-order valence-corrected chi connectivity index (χ0v) is 14.7. The number of carbonyl (C=O) groups is 1. The molecular formula is C16H21N3O4S. The SMILES string of the molecule is CC(C)(C)NC1CCN(S(=O)(=O)c2cccc(C#N)c2)[C@@H]1C(=O)O. The minimum Gasteiger partial charge on any atom is -0.480 e. The number of benzene rings is 1. The van der Waals surface area contributed by atoms with Crippen LogP contribution < -0.4 is 5.32 Å². The van der Waals surface area contributed by atoms with Gasteiger partial charge in [0.1, 0.15) is 6.04 Å². The normalized spacial score (nSPS) is 22.2. The van der Waals surface area contributed by atoms with Gasteiger partial charge in [0.15, 0.2) is 0 Å². The molecule has 0 saturated carbocycles. The van der Waals surface area contributed by atoms with E-state index < -0.39 is 28.1 Å². The largest absolute Gasteiger partial charge is 0.480 e. The first kappa shape index (κ1) is 18.4. The van der Waals surface area contributed by atoms with E-state index in [-0.39, 0.29) is 22.5 Å². The lowest BCUT2D eigenvalue weighted by molar-refractivity contribution is -0.141. The molecule has 1 heterocycles. The van der Waals surface area contributed by atoms with E-state index in [1.807, 2.05) is 26.8 Å². The molecule has 1 aliphatic heterocycles. The molecule has 0 amide bonds.